The fourth-order valence-electron chi connectivity index (χ4n) is 4.29. The monoisotopic (exact) mass is 587 g/mol. The van der Waals surface area contributed by atoms with Crippen LogP contribution < -0.4 is 15.4 Å². The molecule has 0 aliphatic carbocycles. The molecule has 38 heavy (non-hydrogen) atoms. The first kappa shape index (κ1) is 25.9. The van der Waals surface area contributed by atoms with Gasteiger partial charge in [-0.15, -0.1) is 0 Å². The van der Waals surface area contributed by atoms with Gasteiger partial charge < -0.3 is 14.5 Å². The molecule has 0 bridgehead atoms. The Morgan fingerprint density at radius 3 is 2.63 bits per heavy atom. The molecular weight excluding hydrogens is 562 g/mol. The van der Waals surface area contributed by atoms with E-state index < -0.39 is 0 Å². The van der Waals surface area contributed by atoms with Gasteiger partial charge in [-0.25, -0.2) is 4.98 Å². The lowest BCUT2D eigenvalue weighted by Gasteiger charge is -2.15. The van der Waals surface area contributed by atoms with E-state index in [-0.39, 0.29) is 11.0 Å². The minimum absolute atomic E-state index is 0.167. The predicted molar refractivity (Wildman–Crippen MR) is 160 cm³/mol. The Hall–Kier alpha value is -3.75. The Kier molecular flexibility index (Phi) is 7.19. The molecule has 0 radical (unpaired) electrons. The molecule has 0 saturated carbocycles. The maximum Gasteiger partial charge on any atom is 0.261 e. The van der Waals surface area contributed by atoms with Gasteiger partial charge in [-0.1, -0.05) is 50.2 Å². The van der Waals surface area contributed by atoms with E-state index in [0.717, 1.165) is 38.7 Å². The number of rotatable bonds is 5. The van der Waals surface area contributed by atoms with E-state index in [4.69, 9.17) is 26.4 Å². The fraction of sp³-hybridized carbons (Fsp3) is 0.167. The lowest BCUT2D eigenvalue weighted by atomic mass is 10.0. The number of aryl methyl sites for hydroxylation is 1. The summed E-state index contributed by atoms with van der Waals surface area (Å²) in [5.74, 6) is 0.990. The van der Waals surface area contributed by atoms with Crippen molar-refractivity contribution in [3.63, 3.8) is 0 Å². The zero-order chi connectivity index (χ0) is 27.0. The maximum atomic E-state index is 13.2. The number of anilines is 1. The summed E-state index contributed by atoms with van der Waals surface area (Å²) in [5.41, 5.74) is 5.63. The summed E-state index contributed by atoms with van der Waals surface area (Å²) < 4.78 is 12.3. The number of aromatic nitrogens is 1. The first-order valence-electron chi connectivity index (χ1n) is 12.1. The second-order valence-corrected chi connectivity index (χ2v) is 10.5. The Morgan fingerprint density at radius 2 is 1.87 bits per heavy atom. The van der Waals surface area contributed by atoms with Gasteiger partial charge in [-0.2, -0.15) is 0 Å². The summed E-state index contributed by atoms with van der Waals surface area (Å²) in [6, 6.07) is 21.5. The summed E-state index contributed by atoms with van der Waals surface area (Å²) in [7, 11) is 1.53. The van der Waals surface area contributed by atoms with E-state index in [9.17, 15) is 4.79 Å². The van der Waals surface area contributed by atoms with Crippen molar-refractivity contribution in [1.29, 1.82) is 0 Å². The van der Waals surface area contributed by atoms with Crippen LogP contribution in [0, 0.1) is 6.92 Å². The molecule has 0 aliphatic heterocycles. The standard InChI is InChI=1S/C30H26BrN3O3S/c1-16(2)18-11-12-25-24(14-18)32-29(37-25)20-10-9-17(3)23(15-20)33-30(38)34-28(35)22-13-19-7-5-6-8-21(19)26(31)27(22)36-4/h5-16H,1-4H3,(H2,33,34,35,38). The van der Waals surface area contributed by atoms with Crippen molar-refractivity contribution in [2.24, 2.45) is 0 Å². The summed E-state index contributed by atoms with van der Waals surface area (Å²) in [6.45, 7) is 6.26. The molecular formula is C30H26BrN3O3S. The first-order chi connectivity index (χ1) is 18.2. The Labute approximate surface area is 234 Å². The molecule has 5 aromatic rings. The number of hydrogen-bond acceptors (Lipinski definition) is 5. The highest BCUT2D eigenvalue weighted by atomic mass is 79.9. The molecule has 6 nitrogen and oxygen atoms in total. The van der Waals surface area contributed by atoms with Gasteiger partial charge >= 0.3 is 0 Å². The van der Waals surface area contributed by atoms with Crippen LogP contribution >= 0.6 is 28.1 Å². The Morgan fingerprint density at radius 1 is 1.08 bits per heavy atom. The molecule has 4 aromatic carbocycles. The van der Waals surface area contributed by atoms with Crippen molar-refractivity contribution >= 4 is 66.7 Å². The van der Waals surface area contributed by atoms with Crippen molar-refractivity contribution in [3.8, 4) is 17.2 Å². The van der Waals surface area contributed by atoms with Crippen molar-refractivity contribution in [1.82, 2.24) is 10.3 Å². The summed E-state index contributed by atoms with van der Waals surface area (Å²) in [6.07, 6.45) is 0. The van der Waals surface area contributed by atoms with Crippen molar-refractivity contribution < 1.29 is 13.9 Å². The molecule has 8 heteroatoms. The Balaban J connectivity index is 1.38. The number of nitrogens with zero attached hydrogens (tertiary/aromatic N) is 1. The predicted octanol–water partition coefficient (Wildman–Crippen LogP) is 7.98. The van der Waals surface area contributed by atoms with Gasteiger partial charge in [0.15, 0.2) is 10.7 Å². The number of nitrogens with one attached hydrogen (secondary N) is 2. The van der Waals surface area contributed by atoms with E-state index >= 15 is 0 Å². The number of ether oxygens (including phenoxy) is 1. The summed E-state index contributed by atoms with van der Waals surface area (Å²) in [4.78, 5) is 17.9. The minimum Gasteiger partial charge on any atom is -0.495 e. The average molecular weight is 589 g/mol. The minimum atomic E-state index is -0.375. The molecule has 0 spiro atoms. The molecule has 1 heterocycles. The zero-order valence-corrected chi connectivity index (χ0v) is 23.8. The van der Waals surface area contributed by atoms with E-state index in [1.807, 2.05) is 55.5 Å². The molecule has 0 aliphatic rings. The van der Waals surface area contributed by atoms with Crippen LogP contribution in [0.4, 0.5) is 5.69 Å². The second kappa shape index (κ2) is 10.6. The van der Waals surface area contributed by atoms with Crippen LogP contribution in [0.15, 0.2) is 75.6 Å². The number of carbonyl (C=O) groups is 1. The van der Waals surface area contributed by atoms with Gasteiger partial charge in [-0.3, -0.25) is 10.1 Å². The van der Waals surface area contributed by atoms with Gasteiger partial charge in [-0.05, 0) is 93.2 Å². The fourth-order valence-corrected chi connectivity index (χ4v) is 5.23. The highest BCUT2D eigenvalue weighted by Gasteiger charge is 2.19. The topological polar surface area (TPSA) is 76.4 Å². The van der Waals surface area contributed by atoms with Crippen LogP contribution in [0.5, 0.6) is 5.75 Å². The smallest absolute Gasteiger partial charge is 0.261 e. The molecule has 1 aromatic heterocycles. The third-order valence-corrected chi connectivity index (χ3v) is 7.42. The quantitative estimate of drug-likeness (QED) is 0.203. The third kappa shape index (κ3) is 5.01. The number of benzene rings is 4. The van der Waals surface area contributed by atoms with Gasteiger partial charge in [0, 0.05) is 11.3 Å². The number of methoxy groups -OCH3 is 1. The second-order valence-electron chi connectivity index (χ2n) is 9.33. The molecule has 0 saturated heterocycles. The molecule has 5 rings (SSSR count). The van der Waals surface area contributed by atoms with Crippen molar-refractivity contribution in [2.45, 2.75) is 26.7 Å². The molecule has 0 unspecified atom stereocenters. The van der Waals surface area contributed by atoms with Crippen LogP contribution in [0.25, 0.3) is 33.3 Å². The highest BCUT2D eigenvalue weighted by molar-refractivity contribution is 9.10. The van der Waals surface area contributed by atoms with Gasteiger partial charge in [0.25, 0.3) is 5.91 Å². The number of oxazole rings is 1. The Bertz CT molecular complexity index is 1710. The van der Waals surface area contributed by atoms with Crippen LogP contribution in [0.2, 0.25) is 0 Å². The maximum absolute atomic E-state index is 13.2. The number of thiocarbonyl (C=S) groups is 1. The summed E-state index contributed by atoms with van der Waals surface area (Å²) >= 11 is 9.07. The first-order valence-corrected chi connectivity index (χ1v) is 13.3. The lowest BCUT2D eigenvalue weighted by molar-refractivity contribution is 0.0975. The number of fused-ring (bicyclic) bond motifs is 2. The van der Waals surface area contributed by atoms with E-state index in [1.54, 1.807) is 6.07 Å². The molecule has 1 amide bonds. The third-order valence-electron chi connectivity index (χ3n) is 6.43. The van der Waals surface area contributed by atoms with Crippen LogP contribution in [-0.4, -0.2) is 23.1 Å². The summed E-state index contributed by atoms with van der Waals surface area (Å²) in [5, 5.41) is 7.95. The largest absolute Gasteiger partial charge is 0.495 e. The number of carbonyl (C=O) groups excluding carboxylic acids is 1. The zero-order valence-electron chi connectivity index (χ0n) is 21.4. The SMILES string of the molecule is COc1c(C(=O)NC(=S)Nc2cc(-c3nc4cc(C(C)C)ccc4o3)ccc2C)cc2ccccc2c1Br. The van der Waals surface area contributed by atoms with Gasteiger partial charge in [0.2, 0.25) is 5.89 Å². The van der Waals surface area contributed by atoms with Crippen molar-refractivity contribution in [3.05, 3.63) is 87.9 Å². The average Bonchev–Trinajstić information content (AvgIpc) is 3.33. The molecule has 192 valence electrons. The number of hydrogen-bond donors (Lipinski definition) is 2. The van der Waals surface area contributed by atoms with E-state index in [1.165, 1.54) is 12.7 Å². The van der Waals surface area contributed by atoms with Crippen LogP contribution in [0.1, 0.15) is 41.3 Å². The van der Waals surface area contributed by atoms with Gasteiger partial charge in [0.05, 0.1) is 17.1 Å². The van der Waals surface area contributed by atoms with Crippen molar-refractivity contribution in [2.75, 3.05) is 12.4 Å². The van der Waals surface area contributed by atoms with E-state index in [0.29, 0.717) is 27.6 Å². The molecule has 0 atom stereocenters. The van der Waals surface area contributed by atoms with Gasteiger partial charge in [0.1, 0.15) is 11.3 Å². The van der Waals surface area contributed by atoms with Crippen LogP contribution in [-0.2, 0) is 0 Å². The number of amides is 1. The van der Waals surface area contributed by atoms with E-state index in [2.05, 4.69) is 52.5 Å². The molecule has 0 fully saturated rings. The highest BCUT2D eigenvalue weighted by Crippen LogP contribution is 2.36. The van der Waals surface area contributed by atoms with Crippen LogP contribution in [0.3, 0.4) is 0 Å². The lowest BCUT2D eigenvalue weighted by Crippen LogP contribution is -2.34. The normalized spacial score (nSPS) is 11.2. The number of halogens is 1. The molecule has 2 N–H and O–H groups in total.